The lowest BCUT2D eigenvalue weighted by molar-refractivity contribution is -0.148. The number of nitrogens with zero attached hydrogens (tertiary/aromatic N) is 2. The second-order valence-electron chi connectivity index (χ2n) is 3.46. The molecule has 0 aliphatic carbocycles. The summed E-state index contributed by atoms with van der Waals surface area (Å²) >= 11 is 0. The van der Waals surface area contributed by atoms with Crippen LogP contribution in [-0.4, -0.2) is 41.2 Å². The van der Waals surface area contributed by atoms with Crippen LogP contribution in [0.5, 0.6) is 5.88 Å². The molecule has 1 heterocycles. The lowest BCUT2D eigenvalue weighted by Crippen LogP contribution is -2.25. The Kier molecular flexibility index (Phi) is 3.89. The van der Waals surface area contributed by atoms with Crippen LogP contribution in [0.15, 0.2) is 0 Å². The predicted octanol–water partition coefficient (Wildman–Crippen LogP) is 0.379. The fourth-order valence-electron chi connectivity index (χ4n) is 1.63. The Labute approximate surface area is 93.8 Å². The molecule has 0 aliphatic rings. The first-order chi connectivity index (χ1) is 7.51. The van der Waals surface area contributed by atoms with Gasteiger partial charge in [-0.2, -0.15) is 5.10 Å². The van der Waals surface area contributed by atoms with Crippen LogP contribution in [-0.2, 0) is 23.0 Å². The molecule has 1 atom stereocenters. The van der Waals surface area contributed by atoms with Gasteiger partial charge in [0.15, 0.2) is 6.10 Å². The maximum Gasteiger partial charge on any atom is 0.333 e. The van der Waals surface area contributed by atoms with Gasteiger partial charge in [0.05, 0.1) is 12.8 Å². The maximum atomic E-state index is 10.9. The van der Waals surface area contributed by atoms with E-state index in [0.717, 1.165) is 11.3 Å². The van der Waals surface area contributed by atoms with Crippen LogP contribution in [0.2, 0.25) is 0 Å². The lowest BCUT2D eigenvalue weighted by Gasteiger charge is -2.11. The first-order valence-electron chi connectivity index (χ1n) is 4.83. The zero-order chi connectivity index (χ0) is 12.3. The van der Waals surface area contributed by atoms with E-state index in [1.165, 1.54) is 14.2 Å². The molecular weight excluding hydrogens is 212 g/mol. The topological polar surface area (TPSA) is 73.6 Å². The van der Waals surface area contributed by atoms with Crippen LogP contribution in [0.4, 0.5) is 0 Å². The average Bonchev–Trinajstić information content (AvgIpc) is 2.48. The Morgan fingerprint density at radius 1 is 1.56 bits per heavy atom. The van der Waals surface area contributed by atoms with E-state index in [1.807, 2.05) is 6.92 Å². The van der Waals surface area contributed by atoms with Crippen molar-refractivity contribution in [3.05, 3.63) is 11.3 Å². The van der Waals surface area contributed by atoms with Gasteiger partial charge in [-0.25, -0.2) is 9.48 Å². The molecule has 0 spiro atoms. The third-order valence-electron chi connectivity index (χ3n) is 2.43. The van der Waals surface area contributed by atoms with Crippen molar-refractivity contribution >= 4 is 5.97 Å². The second kappa shape index (κ2) is 4.98. The number of aliphatic carboxylic acids is 1. The molecule has 16 heavy (non-hydrogen) atoms. The number of aryl methyl sites for hydroxylation is 2. The van der Waals surface area contributed by atoms with Crippen LogP contribution < -0.4 is 4.74 Å². The smallest absolute Gasteiger partial charge is 0.333 e. The number of aromatic nitrogens is 2. The number of ether oxygens (including phenoxy) is 2. The molecule has 0 saturated carbocycles. The summed E-state index contributed by atoms with van der Waals surface area (Å²) in [6.07, 6.45) is -0.633. The number of carboxylic acids is 1. The number of carbonyl (C=O) groups is 1. The average molecular weight is 228 g/mol. The largest absolute Gasteiger partial charge is 0.481 e. The Morgan fingerprint density at radius 3 is 2.62 bits per heavy atom. The number of carboxylic acid groups (broad SMARTS) is 1. The van der Waals surface area contributed by atoms with Gasteiger partial charge in [0, 0.05) is 26.1 Å². The first-order valence-corrected chi connectivity index (χ1v) is 4.83. The van der Waals surface area contributed by atoms with Gasteiger partial charge in [0.1, 0.15) is 0 Å². The minimum Gasteiger partial charge on any atom is -0.481 e. The highest BCUT2D eigenvalue weighted by Gasteiger charge is 2.23. The molecule has 6 heteroatoms. The molecule has 1 unspecified atom stereocenters. The van der Waals surface area contributed by atoms with Crippen LogP contribution in [0.1, 0.15) is 11.3 Å². The summed E-state index contributed by atoms with van der Waals surface area (Å²) in [6, 6.07) is 0. The quantitative estimate of drug-likeness (QED) is 0.788. The van der Waals surface area contributed by atoms with Crippen LogP contribution >= 0.6 is 0 Å². The van der Waals surface area contributed by atoms with E-state index in [1.54, 1.807) is 11.7 Å². The van der Waals surface area contributed by atoms with Gasteiger partial charge in [0.25, 0.3) is 0 Å². The summed E-state index contributed by atoms with van der Waals surface area (Å²) in [4.78, 5) is 10.9. The molecule has 0 amide bonds. The van der Waals surface area contributed by atoms with E-state index in [0.29, 0.717) is 5.88 Å². The van der Waals surface area contributed by atoms with Crippen molar-refractivity contribution in [3.8, 4) is 5.88 Å². The molecule has 1 aromatic rings. The summed E-state index contributed by atoms with van der Waals surface area (Å²) < 4.78 is 11.6. The molecule has 0 saturated heterocycles. The van der Waals surface area contributed by atoms with Gasteiger partial charge in [-0.15, -0.1) is 0 Å². The Hall–Kier alpha value is -1.56. The SMILES string of the molecule is COc1c(CC(OC)C(=O)O)c(C)nn1C. The second-order valence-corrected chi connectivity index (χ2v) is 3.46. The third kappa shape index (κ3) is 2.33. The highest BCUT2D eigenvalue weighted by atomic mass is 16.5. The summed E-state index contributed by atoms with van der Waals surface area (Å²) in [5.41, 5.74) is 1.52. The summed E-state index contributed by atoms with van der Waals surface area (Å²) in [5, 5.41) is 13.1. The zero-order valence-electron chi connectivity index (χ0n) is 9.85. The molecular formula is C10H16N2O4. The monoisotopic (exact) mass is 228 g/mol. The molecule has 0 aromatic carbocycles. The molecule has 0 radical (unpaired) electrons. The van der Waals surface area contributed by atoms with Crippen LogP contribution in [0, 0.1) is 6.92 Å². The molecule has 90 valence electrons. The van der Waals surface area contributed by atoms with Crippen LogP contribution in [0.25, 0.3) is 0 Å². The minimum atomic E-state index is -0.993. The van der Waals surface area contributed by atoms with E-state index >= 15 is 0 Å². The van der Waals surface area contributed by atoms with Crippen molar-refractivity contribution in [2.24, 2.45) is 7.05 Å². The van der Waals surface area contributed by atoms with E-state index in [-0.39, 0.29) is 6.42 Å². The van der Waals surface area contributed by atoms with Crippen LogP contribution in [0.3, 0.4) is 0 Å². The number of rotatable bonds is 5. The molecule has 6 nitrogen and oxygen atoms in total. The number of hydrogen-bond donors (Lipinski definition) is 1. The van der Waals surface area contributed by atoms with Crippen molar-refractivity contribution in [2.45, 2.75) is 19.4 Å². The highest BCUT2D eigenvalue weighted by Crippen LogP contribution is 2.23. The summed E-state index contributed by atoms with van der Waals surface area (Å²) in [6.45, 7) is 1.81. The van der Waals surface area contributed by atoms with Crippen molar-refractivity contribution in [2.75, 3.05) is 14.2 Å². The van der Waals surface area contributed by atoms with Gasteiger partial charge in [0.2, 0.25) is 5.88 Å². The Morgan fingerprint density at radius 2 is 2.19 bits per heavy atom. The van der Waals surface area contributed by atoms with Gasteiger partial charge in [-0.3, -0.25) is 0 Å². The molecule has 0 fully saturated rings. The molecule has 1 rings (SSSR count). The number of hydrogen-bond acceptors (Lipinski definition) is 4. The molecule has 1 aromatic heterocycles. The van der Waals surface area contributed by atoms with E-state index in [2.05, 4.69) is 5.10 Å². The maximum absolute atomic E-state index is 10.9. The Bertz CT molecular complexity index is 386. The Balaban J connectivity index is 2.99. The van der Waals surface area contributed by atoms with E-state index in [4.69, 9.17) is 14.6 Å². The molecule has 1 N–H and O–H groups in total. The summed E-state index contributed by atoms with van der Waals surface area (Å²) in [7, 11) is 4.65. The van der Waals surface area contributed by atoms with E-state index < -0.39 is 12.1 Å². The standard InChI is InChI=1S/C10H16N2O4/c1-6-7(5-8(15-3)10(13)14)9(16-4)12(2)11-6/h8H,5H2,1-4H3,(H,13,14). The third-order valence-corrected chi connectivity index (χ3v) is 2.43. The van der Waals surface area contributed by atoms with Gasteiger partial charge < -0.3 is 14.6 Å². The van der Waals surface area contributed by atoms with Crippen molar-refractivity contribution in [1.82, 2.24) is 9.78 Å². The molecule has 0 bridgehead atoms. The molecule has 0 aliphatic heterocycles. The first kappa shape index (κ1) is 12.5. The van der Waals surface area contributed by atoms with Gasteiger partial charge >= 0.3 is 5.97 Å². The van der Waals surface area contributed by atoms with Gasteiger partial charge in [-0.05, 0) is 6.92 Å². The van der Waals surface area contributed by atoms with Crippen molar-refractivity contribution in [3.63, 3.8) is 0 Å². The lowest BCUT2D eigenvalue weighted by atomic mass is 10.1. The summed E-state index contributed by atoms with van der Waals surface area (Å²) in [5.74, 6) is -0.423. The zero-order valence-corrected chi connectivity index (χ0v) is 9.85. The van der Waals surface area contributed by atoms with E-state index in [9.17, 15) is 4.79 Å². The number of methoxy groups -OCH3 is 2. The minimum absolute atomic E-state index is 0.245. The normalized spacial score (nSPS) is 12.5. The van der Waals surface area contributed by atoms with Gasteiger partial charge in [-0.1, -0.05) is 0 Å². The predicted molar refractivity (Wildman–Crippen MR) is 56.6 cm³/mol. The van der Waals surface area contributed by atoms with Crippen molar-refractivity contribution in [1.29, 1.82) is 0 Å². The fourth-order valence-corrected chi connectivity index (χ4v) is 1.63. The fraction of sp³-hybridized carbons (Fsp3) is 0.600. The highest BCUT2D eigenvalue weighted by molar-refractivity contribution is 5.73. The van der Waals surface area contributed by atoms with Crippen molar-refractivity contribution < 1.29 is 19.4 Å².